The molecule has 3 heteroatoms. The van der Waals surface area contributed by atoms with Gasteiger partial charge in [0.25, 0.3) is 0 Å². The zero-order chi connectivity index (χ0) is 13.9. The number of benzene rings is 2. The Morgan fingerprint density at radius 2 is 2.10 bits per heavy atom. The highest BCUT2D eigenvalue weighted by Gasteiger charge is 2.11. The summed E-state index contributed by atoms with van der Waals surface area (Å²) in [6, 6.07) is 12.6. The van der Waals surface area contributed by atoms with Gasteiger partial charge in [-0.2, -0.15) is 0 Å². The first kappa shape index (κ1) is 12.9. The molecule has 0 atom stereocenters. The highest BCUT2D eigenvalue weighted by molar-refractivity contribution is 5.52. The maximum absolute atomic E-state index is 5.52. The van der Waals surface area contributed by atoms with Crippen LogP contribution in [0.15, 0.2) is 36.4 Å². The summed E-state index contributed by atoms with van der Waals surface area (Å²) >= 11 is 0. The molecule has 3 rings (SSSR count). The van der Waals surface area contributed by atoms with E-state index in [0.29, 0.717) is 0 Å². The van der Waals surface area contributed by atoms with Crippen LogP contribution in [0.1, 0.15) is 16.7 Å². The number of nitrogens with one attached hydrogen (secondary N) is 1. The van der Waals surface area contributed by atoms with Crippen LogP contribution in [0.2, 0.25) is 0 Å². The van der Waals surface area contributed by atoms with Crippen LogP contribution >= 0.6 is 0 Å². The monoisotopic (exact) mass is 269 g/mol. The molecule has 3 nitrogen and oxygen atoms in total. The van der Waals surface area contributed by atoms with E-state index in [4.69, 9.17) is 9.47 Å². The molecule has 1 heterocycles. The highest BCUT2D eigenvalue weighted by atomic mass is 16.5. The van der Waals surface area contributed by atoms with E-state index in [1.807, 2.05) is 12.1 Å². The minimum atomic E-state index is 0.802. The fourth-order valence-electron chi connectivity index (χ4n) is 2.55. The Hall–Kier alpha value is -2.16. The van der Waals surface area contributed by atoms with Crippen molar-refractivity contribution in [2.45, 2.75) is 19.9 Å². The van der Waals surface area contributed by atoms with Gasteiger partial charge in [-0.05, 0) is 47.9 Å². The zero-order valence-corrected chi connectivity index (χ0v) is 11.9. The van der Waals surface area contributed by atoms with Gasteiger partial charge < -0.3 is 14.8 Å². The third-order valence-corrected chi connectivity index (χ3v) is 3.65. The minimum absolute atomic E-state index is 0.802. The van der Waals surface area contributed by atoms with Gasteiger partial charge in [-0.3, -0.25) is 0 Å². The quantitative estimate of drug-likeness (QED) is 0.920. The summed E-state index contributed by atoms with van der Waals surface area (Å²) < 4.78 is 10.8. The van der Waals surface area contributed by atoms with Crippen LogP contribution in [0, 0.1) is 6.92 Å². The minimum Gasteiger partial charge on any atom is -0.496 e. The van der Waals surface area contributed by atoms with E-state index in [-0.39, 0.29) is 0 Å². The molecule has 2 aromatic carbocycles. The van der Waals surface area contributed by atoms with Crippen LogP contribution in [0.3, 0.4) is 0 Å². The molecule has 0 aromatic heterocycles. The summed E-state index contributed by atoms with van der Waals surface area (Å²) in [6.45, 7) is 3.68. The van der Waals surface area contributed by atoms with Crippen molar-refractivity contribution in [1.82, 2.24) is 0 Å². The molecule has 0 saturated carbocycles. The van der Waals surface area contributed by atoms with Crippen molar-refractivity contribution in [3.05, 3.63) is 53.1 Å². The predicted octanol–water partition coefficient (Wildman–Crippen LogP) is 3.55. The van der Waals surface area contributed by atoms with E-state index >= 15 is 0 Å². The maximum Gasteiger partial charge on any atom is 0.122 e. The zero-order valence-electron chi connectivity index (χ0n) is 11.9. The Labute approximate surface area is 119 Å². The molecule has 1 aliphatic rings. The summed E-state index contributed by atoms with van der Waals surface area (Å²) in [5, 5.41) is 3.46. The van der Waals surface area contributed by atoms with Crippen LogP contribution in [0.4, 0.5) is 5.69 Å². The standard InChI is InChI=1S/C17H19NO2/c1-12-9-13(3-5-16(12)19-2)11-18-15-4-6-17-14(10-15)7-8-20-17/h3-6,9-10,18H,7-8,11H2,1-2H3. The first-order chi connectivity index (χ1) is 9.76. The lowest BCUT2D eigenvalue weighted by molar-refractivity contribution is 0.357. The number of ether oxygens (including phenoxy) is 2. The first-order valence-electron chi connectivity index (χ1n) is 6.89. The molecule has 2 aromatic rings. The summed E-state index contributed by atoms with van der Waals surface area (Å²) in [7, 11) is 1.70. The van der Waals surface area contributed by atoms with E-state index in [1.54, 1.807) is 7.11 Å². The fourth-order valence-corrected chi connectivity index (χ4v) is 2.55. The smallest absolute Gasteiger partial charge is 0.122 e. The van der Waals surface area contributed by atoms with E-state index in [0.717, 1.165) is 42.3 Å². The number of methoxy groups -OCH3 is 1. The molecule has 0 amide bonds. The summed E-state index contributed by atoms with van der Waals surface area (Å²) in [5.74, 6) is 1.96. The second-order valence-corrected chi connectivity index (χ2v) is 5.08. The number of fused-ring (bicyclic) bond motifs is 1. The van der Waals surface area contributed by atoms with Crippen LogP contribution in [0.5, 0.6) is 11.5 Å². The Bertz CT molecular complexity index is 622. The lowest BCUT2D eigenvalue weighted by Crippen LogP contribution is -2.00. The summed E-state index contributed by atoms with van der Waals surface area (Å²) in [4.78, 5) is 0. The van der Waals surface area contributed by atoms with Crippen molar-refractivity contribution in [3.63, 3.8) is 0 Å². The van der Waals surface area contributed by atoms with Gasteiger partial charge >= 0.3 is 0 Å². The Kier molecular flexibility index (Phi) is 3.50. The van der Waals surface area contributed by atoms with E-state index in [9.17, 15) is 0 Å². The van der Waals surface area contributed by atoms with Gasteiger partial charge in [0.15, 0.2) is 0 Å². The number of aryl methyl sites for hydroxylation is 1. The Morgan fingerprint density at radius 3 is 2.90 bits per heavy atom. The molecule has 0 fully saturated rings. The van der Waals surface area contributed by atoms with E-state index in [1.165, 1.54) is 11.1 Å². The van der Waals surface area contributed by atoms with Gasteiger partial charge in [-0.1, -0.05) is 12.1 Å². The van der Waals surface area contributed by atoms with Gasteiger partial charge in [0.2, 0.25) is 0 Å². The summed E-state index contributed by atoms with van der Waals surface area (Å²) in [6.07, 6.45) is 1.01. The van der Waals surface area contributed by atoms with Crippen molar-refractivity contribution >= 4 is 5.69 Å². The normalized spacial score (nSPS) is 12.7. The topological polar surface area (TPSA) is 30.5 Å². The molecule has 0 unspecified atom stereocenters. The van der Waals surface area contributed by atoms with E-state index < -0.39 is 0 Å². The largest absolute Gasteiger partial charge is 0.496 e. The van der Waals surface area contributed by atoms with Gasteiger partial charge in [0.05, 0.1) is 13.7 Å². The first-order valence-corrected chi connectivity index (χ1v) is 6.89. The molecule has 20 heavy (non-hydrogen) atoms. The SMILES string of the molecule is COc1ccc(CNc2ccc3c(c2)CCO3)cc1C. The number of hydrogen-bond donors (Lipinski definition) is 1. The Morgan fingerprint density at radius 1 is 1.20 bits per heavy atom. The summed E-state index contributed by atoms with van der Waals surface area (Å²) in [5.41, 5.74) is 4.85. The van der Waals surface area contributed by atoms with Crippen LogP contribution in [0.25, 0.3) is 0 Å². The number of hydrogen-bond acceptors (Lipinski definition) is 3. The van der Waals surface area contributed by atoms with Gasteiger partial charge in [-0.25, -0.2) is 0 Å². The van der Waals surface area contributed by atoms with Gasteiger partial charge in [0.1, 0.15) is 11.5 Å². The third-order valence-electron chi connectivity index (χ3n) is 3.65. The average Bonchev–Trinajstić information content (AvgIpc) is 2.92. The molecule has 0 spiro atoms. The van der Waals surface area contributed by atoms with Crippen molar-refractivity contribution < 1.29 is 9.47 Å². The maximum atomic E-state index is 5.52. The van der Waals surface area contributed by atoms with Crippen molar-refractivity contribution in [2.24, 2.45) is 0 Å². The molecule has 0 aliphatic carbocycles. The molecular weight excluding hydrogens is 250 g/mol. The Balaban J connectivity index is 1.69. The molecule has 104 valence electrons. The lowest BCUT2D eigenvalue weighted by atomic mass is 10.1. The fraction of sp³-hybridized carbons (Fsp3) is 0.294. The third kappa shape index (κ3) is 2.57. The van der Waals surface area contributed by atoms with Crippen LogP contribution in [-0.2, 0) is 13.0 Å². The van der Waals surface area contributed by atoms with E-state index in [2.05, 4.69) is 36.5 Å². The molecule has 1 aliphatic heterocycles. The second kappa shape index (κ2) is 5.45. The van der Waals surface area contributed by atoms with Crippen molar-refractivity contribution in [1.29, 1.82) is 0 Å². The average molecular weight is 269 g/mol. The number of anilines is 1. The van der Waals surface area contributed by atoms with Crippen molar-refractivity contribution in [3.8, 4) is 11.5 Å². The second-order valence-electron chi connectivity index (χ2n) is 5.08. The predicted molar refractivity (Wildman–Crippen MR) is 80.7 cm³/mol. The van der Waals surface area contributed by atoms with Crippen LogP contribution < -0.4 is 14.8 Å². The van der Waals surface area contributed by atoms with Crippen LogP contribution in [-0.4, -0.2) is 13.7 Å². The highest BCUT2D eigenvalue weighted by Crippen LogP contribution is 2.28. The molecule has 1 N–H and O–H groups in total. The van der Waals surface area contributed by atoms with Crippen molar-refractivity contribution in [2.75, 3.05) is 19.0 Å². The lowest BCUT2D eigenvalue weighted by Gasteiger charge is -2.10. The van der Waals surface area contributed by atoms with Gasteiger partial charge in [0, 0.05) is 18.7 Å². The molecule has 0 radical (unpaired) electrons. The molecular formula is C17H19NO2. The van der Waals surface area contributed by atoms with Gasteiger partial charge in [-0.15, -0.1) is 0 Å². The number of rotatable bonds is 4. The molecule has 0 saturated heterocycles. The molecule has 0 bridgehead atoms.